The Kier molecular flexibility index (Phi) is 4.15. The molecule has 0 aliphatic rings. The van der Waals surface area contributed by atoms with Crippen molar-refractivity contribution in [3.05, 3.63) is 73.3 Å². The second-order valence-electron chi connectivity index (χ2n) is 5.87. The van der Waals surface area contributed by atoms with Gasteiger partial charge >= 0.3 is 0 Å². The fourth-order valence-electron chi connectivity index (χ4n) is 2.69. The Morgan fingerprint density at radius 1 is 1.08 bits per heavy atom. The molecule has 128 valence electrons. The number of nitrogens with zero attached hydrogens (tertiary/aromatic N) is 5. The van der Waals surface area contributed by atoms with E-state index >= 15 is 0 Å². The quantitative estimate of drug-likeness (QED) is 0.509. The normalized spacial score (nSPS) is 10.8. The molecule has 3 aromatic heterocycles. The van der Waals surface area contributed by atoms with Gasteiger partial charge in [0.05, 0.1) is 23.5 Å². The topological polar surface area (TPSA) is 69.6 Å². The van der Waals surface area contributed by atoms with Crippen LogP contribution in [0.5, 0.6) is 0 Å². The molecule has 6 nitrogen and oxygen atoms in total. The fourth-order valence-corrected chi connectivity index (χ4v) is 2.69. The lowest BCUT2D eigenvalue weighted by Crippen LogP contribution is -1.95. The van der Waals surface area contributed by atoms with Gasteiger partial charge in [-0.2, -0.15) is 10.1 Å². The molecule has 0 spiro atoms. The van der Waals surface area contributed by atoms with Gasteiger partial charge in [-0.3, -0.25) is 9.67 Å². The Morgan fingerprint density at radius 3 is 2.62 bits per heavy atom. The zero-order chi connectivity index (χ0) is 17.9. The first-order valence-corrected chi connectivity index (χ1v) is 8.25. The van der Waals surface area contributed by atoms with Crippen LogP contribution in [0.25, 0.3) is 34.0 Å². The summed E-state index contributed by atoms with van der Waals surface area (Å²) in [6, 6.07) is 14.0. The number of benzene rings is 1. The second-order valence-corrected chi connectivity index (χ2v) is 5.87. The standard InChI is InChI=1S/C20H17N5O/c1-3-10-25-11-9-19(23-25)16-6-4-5-15(12-16)18-8-7-17(13-21-18)20-22-14(2)24-26-20/h3-9,11-13H,1,10H2,2H3. The Balaban J connectivity index is 1.62. The zero-order valence-corrected chi connectivity index (χ0v) is 14.3. The van der Waals surface area contributed by atoms with Crippen LogP contribution in [0.1, 0.15) is 5.82 Å². The molecule has 0 atom stereocenters. The van der Waals surface area contributed by atoms with Crippen LogP contribution in [0, 0.1) is 6.92 Å². The highest BCUT2D eigenvalue weighted by molar-refractivity contribution is 5.70. The molecule has 4 aromatic rings. The van der Waals surface area contributed by atoms with Gasteiger partial charge in [0.1, 0.15) is 0 Å². The first-order chi connectivity index (χ1) is 12.7. The van der Waals surface area contributed by atoms with Crippen molar-refractivity contribution in [2.75, 3.05) is 0 Å². The molecule has 3 heterocycles. The summed E-state index contributed by atoms with van der Waals surface area (Å²) in [6.07, 6.45) is 5.51. The molecule has 1 aromatic carbocycles. The molecule has 0 aliphatic carbocycles. The maximum Gasteiger partial charge on any atom is 0.259 e. The molecule has 0 radical (unpaired) electrons. The monoisotopic (exact) mass is 343 g/mol. The average Bonchev–Trinajstić information content (AvgIpc) is 3.32. The third-order valence-corrected chi connectivity index (χ3v) is 3.95. The average molecular weight is 343 g/mol. The van der Waals surface area contributed by atoms with E-state index in [-0.39, 0.29) is 0 Å². The number of aromatic nitrogens is 5. The minimum absolute atomic E-state index is 0.475. The number of allylic oxidation sites excluding steroid dienone is 1. The molecular formula is C20H17N5O. The molecule has 0 fully saturated rings. The molecule has 4 rings (SSSR count). The third-order valence-electron chi connectivity index (χ3n) is 3.95. The van der Waals surface area contributed by atoms with E-state index in [1.54, 1.807) is 13.1 Å². The van der Waals surface area contributed by atoms with Gasteiger partial charge in [0.15, 0.2) is 5.82 Å². The van der Waals surface area contributed by atoms with Crippen LogP contribution >= 0.6 is 0 Å². The highest BCUT2D eigenvalue weighted by Gasteiger charge is 2.09. The van der Waals surface area contributed by atoms with Crippen molar-refractivity contribution in [3.63, 3.8) is 0 Å². The summed E-state index contributed by atoms with van der Waals surface area (Å²) in [5, 5.41) is 8.36. The van der Waals surface area contributed by atoms with Crippen molar-refractivity contribution >= 4 is 0 Å². The van der Waals surface area contributed by atoms with Crippen molar-refractivity contribution in [1.82, 2.24) is 24.9 Å². The van der Waals surface area contributed by atoms with Crippen molar-refractivity contribution in [2.24, 2.45) is 0 Å². The van der Waals surface area contributed by atoms with Crippen LogP contribution in [0.4, 0.5) is 0 Å². The van der Waals surface area contributed by atoms with Crippen LogP contribution < -0.4 is 0 Å². The maximum absolute atomic E-state index is 5.18. The molecule has 0 aliphatic heterocycles. The van der Waals surface area contributed by atoms with Gasteiger partial charge in [-0.15, -0.1) is 6.58 Å². The van der Waals surface area contributed by atoms with E-state index in [0.717, 1.165) is 28.1 Å². The van der Waals surface area contributed by atoms with Gasteiger partial charge in [-0.05, 0) is 31.2 Å². The molecule has 0 saturated heterocycles. The van der Waals surface area contributed by atoms with Gasteiger partial charge in [0.2, 0.25) is 0 Å². The Bertz CT molecular complexity index is 1050. The summed E-state index contributed by atoms with van der Waals surface area (Å²) in [6.45, 7) is 6.22. The largest absolute Gasteiger partial charge is 0.334 e. The first-order valence-electron chi connectivity index (χ1n) is 8.25. The van der Waals surface area contributed by atoms with Crippen molar-refractivity contribution < 1.29 is 4.52 Å². The van der Waals surface area contributed by atoms with Gasteiger partial charge < -0.3 is 4.52 Å². The molecular weight excluding hydrogens is 326 g/mol. The third kappa shape index (κ3) is 3.17. The van der Waals surface area contributed by atoms with Gasteiger partial charge in [0.25, 0.3) is 5.89 Å². The van der Waals surface area contributed by atoms with Crippen molar-refractivity contribution in [3.8, 4) is 34.0 Å². The fraction of sp³-hybridized carbons (Fsp3) is 0.100. The second kappa shape index (κ2) is 6.76. The summed E-state index contributed by atoms with van der Waals surface area (Å²) >= 11 is 0. The lowest BCUT2D eigenvalue weighted by atomic mass is 10.1. The Labute approximate surface area is 150 Å². The summed E-state index contributed by atoms with van der Waals surface area (Å²) in [5.74, 6) is 1.08. The number of aryl methyl sites for hydroxylation is 1. The van der Waals surface area contributed by atoms with E-state index < -0.39 is 0 Å². The van der Waals surface area contributed by atoms with Crippen LogP contribution in [-0.4, -0.2) is 24.9 Å². The highest BCUT2D eigenvalue weighted by atomic mass is 16.5. The van der Waals surface area contributed by atoms with Crippen molar-refractivity contribution in [2.45, 2.75) is 13.5 Å². The van der Waals surface area contributed by atoms with Gasteiger partial charge in [-0.25, -0.2) is 0 Å². The molecule has 0 N–H and O–H groups in total. The summed E-state index contributed by atoms with van der Waals surface area (Å²) in [5.41, 5.74) is 4.66. The summed E-state index contributed by atoms with van der Waals surface area (Å²) in [7, 11) is 0. The van der Waals surface area contributed by atoms with E-state index in [1.165, 1.54) is 0 Å². The SMILES string of the molecule is C=CCn1ccc(-c2cccc(-c3ccc(-c4nc(C)no4)cn3)c2)n1. The van der Waals surface area contributed by atoms with Crippen LogP contribution in [0.15, 0.2) is 72.0 Å². The number of rotatable bonds is 5. The lowest BCUT2D eigenvalue weighted by molar-refractivity contribution is 0.425. The predicted molar refractivity (Wildman–Crippen MR) is 99.1 cm³/mol. The summed E-state index contributed by atoms with van der Waals surface area (Å²) < 4.78 is 7.03. The van der Waals surface area contributed by atoms with Gasteiger partial charge in [-0.1, -0.05) is 29.4 Å². The van der Waals surface area contributed by atoms with E-state index in [1.807, 2.05) is 53.4 Å². The molecule has 0 unspecified atom stereocenters. The minimum atomic E-state index is 0.475. The Morgan fingerprint density at radius 2 is 1.92 bits per heavy atom. The zero-order valence-electron chi connectivity index (χ0n) is 14.3. The Hall–Kier alpha value is -3.54. The van der Waals surface area contributed by atoms with Crippen LogP contribution in [0.3, 0.4) is 0 Å². The molecule has 0 saturated carbocycles. The molecule has 0 amide bonds. The molecule has 6 heteroatoms. The van der Waals surface area contributed by atoms with E-state index in [2.05, 4.69) is 32.9 Å². The predicted octanol–water partition coefficient (Wildman–Crippen LogP) is 4.16. The summed E-state index contributed by atoms with van der Waals surface area (Å²) in [4.78, 5) is 8.76. The van der Waals surface area contributed by atoms with Crippen molar-refractivity contribution in [1.29, 1.82) is 0 Å². The maximum atomic E-state index is 5.18. The van der Waals surface area contributed by atoms with E-state index in [0.29, 0.717) is 18.3 Å². The number of hydrogen-bond donors (Lipinski definition) is 0. The minimum Gasteiger partial charge on any atom is -0.334 e. The van der Waals surface area contributed by atoms with E-state index in [9.17, 15) is 0 Å². The van der Waals surface area contributed by atoms with Crippen LogP contribution in [-0.2, 0) is 6.54 Å². The first kappa shape index (κ1) is 16.0. The van der Waals surface area contributed by atoms with E-state index in [4.69, 9.17) is 4.52 Å². The number of hydrogen-bond acceptors (Lipinski definition) is 5. The molecule has 0 bridgehead atoms. The number of pyridine rings is 1. The lowest BCUT2D eigenvalue weighted by Gasteiger charge is -2.04. The molecule has 26 heavy (non-hydrogen) atoms. The smallest absolute Gasteiger partial charge is 0.259 e. The van der Waals surface area contributed by atoms with Crippen LogP contribution in [0.2, 0.25) is 0 Å². The van der Waals surface area contributed by atoms with Gasteiger partial charge in [0, 0.05) is 23.5 Å². The highest BCUT2D eigenvalue weighted by Crippen LogP contribution is 2.25.